The monoisotopic (exact) mass is 573 g/mol. The van der Waals surface area contributed by atoms with Crippen molar-refractivity contribution in [2.75, 3.05) is 38.2 Å². The van der Waals surface area contributed by atoms with Crippen molar-refractivity contribution >= 4 is 11.6 Å². The van der Waals surface area contributed by atoms with Gasteiger partial charge in [-0.1, -0.05) is 24.3 Å². The summed E-state index contributed by atoms with van der Waals surface area (Å²) in [6.45, 7) is 2.02. The van der Waals surface area contributed by atoms with Crippen LogP contribution < -0.4 is 21.7 Å². The third-order valence-electron chi connectivity index (χ3n) is 7.09. The molecule has 0 radical (unpaired) electrons. The van der Waals surface area contributed by atoms with Crippen LogP contribution in [0.1, 0.15) is 35.4 Å². The highest BCUT2D eigenvalue weighted by molar-refractivity contribution is 5.96. The average Bonchev–Trinajstić information content (AvgIpc) is 2.97. The van der Waals surface area contributed by atoms with Crippen molar-refractivity contribution < 1.29 is 27.1 Å². The molecule has 1 saturated heterocycles. The van der Waals surface area contributed by atoms with Gasteiger partial charge in [0.05, 0.1) is 43.0 Å². The molecule has 4 rings (SSSR count). The number of morpholine rings is 1. The summed E-state index contributed by atoms with van der Waals surface area (Å²) in [4.78, 5) is 17.3. The van der Waals surface area contributed by atoms with Crippen LogP contribution in [0.3, 0.4) is 0 Å². The Bertz CT molecular complexity index is 1220. The van der Waals surface area contributed by atoms with Crippen LogP contribution in [-0.4, -0.2) is 62.0 Å². The third-order valence-corrected chi connectivity index (χ3v) is 7.09. The van der Waals surface area contributed by atoms with Crippen LogP contribution in [0.5, 0.6) is 0 Å². The normalized spacial score (nSPS) is 17.9. The number of hydrogen-bond donors (Lipinski definition) is 4. The van der Waals surface area contributed by atoms with Crippen LogP contribution in [0.2, 0.25) is 0 Å². The number of alkyl halides is 1. The Morgan fingerprint density at radius 2 is 1.63 bits per heavy atom. The molecular weight excluding hydrogens is 538 g/mol. The number of pyridine rings is 1. The van der Waals surface area contributed by atoms with E-state index in [1.54, 1.807) is 0 Å². The number of carbonyl (C=O) groups is 1. The fourth-order valence-corrected chi connectivity index (χ4v) is 4.96. The van der Waals surface area contributed by atoms with Gasteiger partial charge in [0.15, 0.2) is 0 Å². The number of carbonyl (C=O) groups excluding carboxylic acids is 1. The summed E-state index contributed by atoms with van der Waals surface area (Å²) in [5.74, 6) is -2.79. The van der Waals surface area contributed by atoms with Crippen LogP contribution in [0, 0.1) is 17.5 Å². The molecule has 7 nitrogen and oxygen atoms in total. The van der Waals surface area contributed by atoms with Gasteiger partial charge < -0.3 is 26.4 Å². The molecular formula is C30H35F4N5O2. The van der Waals surface area contributed by atoms with Gasteiger partial charge in [-0.15, -0.1) is 0 Å². The number of aromatic nitrogens is 1. The van der Waals surface area contributed by atoms with Crippen LogP contribution in [-0.2, 0) is 16.0 Å². The van der Waals surface area contributed by atoms with Crippen molar-refractivity contribution in [3.63, 3.8) is 0 Å². The number of amides is 1. The number of nitrogens with two attached hydrogens (primary N) is 1. The van der Waals surface area contributed by atoms with Crippen LogP contribution in [0.15, 0.2) is 60.9 Å². The fourth-order valence-electron chi connectivity index (χ4n) is 4.96. The van der Waals surface area contributed by atoms with E-state index >= 15 is 0 Å². The highest BCUT2D eigenvalue weighted by Crippen LogP contribution is 2.29. The molecule has 1 aliphatic heterocycles. The Labute approximate surface area is 236 Å². The van der Waals surface area contributed by atoms with Crippen molar-refractivity contribution in [1.82, 2.24) is 15.6 Å². The lowest BCUT2D eigenvalue weighted by Crippen LogP contribution is -2.48. The summed E-state index contributed by atoms with van der Waals surface area (Å²) < 4.78 is 60.6. The van der Waals surface area contributed by atoms with Gasteiger partial charge in [0, 0.05) is 31.1 Å². The number of ether oxygens (including phenoxy) is 1. The van der Waals surface area contributed by atoms with E-state index in [-0.39, 0.29) is 36.6 Å². The minimum atomic E-state index is -1.17. The quantitative estimate of drug-likeness (QED) is 0.183. The first-order valence-electron chi connectivity index (χ1n) is 13.7. The molecule has 2 aromatic carbocycles. The first-order valence-corrected chi connectivity index (χ1v) is 13.7. The SMILES string of the molecule is N[C@H](C(=O)Nc1cncc(F)c1CC[C@@H]1CNC[C@@H](CNCCCF)O1)C(c1ccc(F)cc1)c1ccc(F)cc1. The fraction of sp³-hybridized carbons (Fsp3) is 0.400. The number of anilines is 1. The van der Waals surface area contributed by atoms with Gasteiger partial charge in [-0.2, -0.15) is 0 Å². The lowest BCUT2D eigenvalue weighted by atomic mass is 9.85. The van der Waals surface area contributed by atoms with E-state index in [4.69, 9.17) is 10.5 Å². The Morgan fingerprint density at radius 1 is 1.00 bits per heavy atom. The summed E-state index contributed by atoms with van der Waals surface area (Å²) in [5.41, 5.74) is 8.02. The van der Waals surface area contributed by atoms with Crippen molar-refractivity contribution in [2.45, 2.75) is 43.4 Å². The molecule has 0 bridgehead atoms. The maximum absolute atomic E-state index is 14.9. The highest BCUT2D eigenvalue weighted by Gasteiger charge is 2.29. The van der Waals surface area contributed by atoms with Crippen molar-refractivity contribution in [3.8, 4) is 0 Å². The number of rotatable bonds is 13. The van der Waals surface area contributed by atoms with E-state index in [2.05, 4.69) is 20.9 Å². The number of halogens is 4. The molecule has 3 aromatic rings. The molecule has 0 saturated carbocycles. The lowest BCUT2D eigenvalue weighted by Gasteiger charge is -2.31. The van der Waals surface area contributed by atoms with E-state index in [0.29, 0.717) is 50.1 Å². The van der Waals surface area contributed by atoms with Gasteiger partial charge in [-0.3, -0.25) is 14.2 Å². The molecule has 1 aromatic heterocycles. The number of nitrogens with zero attached hydrogens (tertiary/aromatic N) is 1. The minimum absolute atomic E-state index is 0.0947. The van der Waals surface area contributed by atoms with Crippen molar-refractivity contribution in [2.24, 2.45) is 5.73 Å². The van der Waals surface area contributed by atoms with Gasteiger partial charge in [0.25, 0.3) is 0 Å². The maximum Gasteiger partial charge on any atom is 0.242 e. The molecule has 2 heterocycles. The zero-order valence-electron chi connectivity index (χ0n) is 22.6. The van der Waals surface area contributed by atoms with Gasteiger partial charge in [-0.05, 0) is 61.2 Å². The topological polar surface area (TPSA) is 101 Å². The van der Waals surface area contributed by atoms with E-state index in [1.165, 1.54) is 54.7 Å². The number of benzene rings is 2. The van der Waals surface area contributed by atoms with E-state index in [0.717, 1.165) is 6.20 Å². The van der Waals surface area contributed by atoms with Gasteiger partial charge >= 0.3 is 0 Å². The van der Waals surface area contributed by atoms with Crippen molar-refractivity contribution in [3.05, 3.63) is 95.1 Å². The lowest BCUT2D eigenvalue weighted by molar-refractivity contribution is -0.117. The average molecular weight is 574 g/mol. The molecule has 0 unspecified atom stereocenters. The zero-order valence-corrected chi connectivity index (χ0v) is 22.6. The highest BCUT2D eigenvalue weighted by atomic mass is 19.1. The second-order valence-electron chi connectivity index (χ2n) is 10.1. The molecule has 3 atom stereocenters. The summed E-state index contributed by atoms with van der Waals surface area (Å²) in [7, 11) is 0. The summed E-state index contributed by atoms with van der Waals surface area (Å²) in [6, 6.07) is 9.97. The van der Waals surface area contributed by atoms with Gasteiger partial charge in [-0.25, -0.2) is 13.2 Å². The molecule has 0 spiro atoms. The number of hydrogen-bond acceptors (Lipinski definition) is 6. The van der Waals surface area contributed by atoms with Crippen molar-refractivity contribution in [1.29, 1.82) is 0 Å². The second-order valence-corrected chi connectivity index (χ2v) is 10.1. The smallest absolute Gasteiger partial charge is 0.242 e. The number of nitrogens with one attached hydrogen (secondary N) is 3. The largest absolute Gasteiger partial charge is 0.371 e. The minimum Gasteiger partial charge on any atom is -0.371 e. The Morgan fingerprint density at radius 3 is 2.27 bits per heavy atom. The summed E-state index contributed by atoms with van der Waals surface area (Å²) in [5, 5.41) is 9.20. The Hall–Kier alpha value is -3.38. The molecule has 5 N–H and O–H groups in total. The van der Waals surface area contributed by atoms with Crippen LogP contribution in [0.25, 0.3) is 0 Å². The van der Waals surface area contributed by atoms with Gasteiger partial charge in [0.2, 0.25) is 5.91 Å². The van der Waals surface area contributed by atoms with E-state index in [9.17, 15) is 22.4 Å². The molecule has 1 amide bonds. The molecule has 1 fully saturated rings. The standard InChI is InChI=1S/C30H35F4N5O2/c31-12-1-13-36-15-24-16-37-14-23(41-24)10-11-25-26(34)17-38-18-27(25)39-30(40)29(35)28(19-2-6-21(32)7-3-19)20-4-8-22(33)9-5-20/h2-9,17-18,23-24,28-29,36-37H,1,10-16,35H2,(H,39,40)/t23-,24-,29+/m1/s1. The first kappa shape index (κ1) is 30.6. The predicted octanol–water partition coefficient (Wildman–Crippen LogP) is 3.84. The maximum atomic E-state index is 14.9. The molecule has 0 aliphatic carbocycles. The zero-order chi connectivity index (χ0) is 29.2. The van der Waals surface area contributed by atoms with Crippen LogP contribution >= 0.6 is 0 Å². The first-order chi connectivity index (χ1) is 19.9. The van der Waals surface area contributed by atoms with Gasteiger partial charge in [0.1, 0.15) is 17.5 Å². The molecule has 1 aliphatic rings. The second kappa shape index (κ2) is 15.0. The molecule has 220 valence electrons. The van der Waals surface area contributed by atoms with Crippen LogP contribution in [0.4, 0.5) is 23.2 Å². The molecule has 41 heavy (non-hydrogen) atoms. The van der Waals surface area contributed by atoms with E-state index < -0.39 is 35.3 Å². The molecule has 11 heteroatoms. The predicted molar refractivity (Wildman–Crippen MR) is 149 cm³/mol. The Balaban J connectivity index is 1.45. The summed E-state index contributed by atoms with van der Waals surface area (Å²) >= 11 is 0. The summed E-state index contributed by atoms with van der Waals surface area (Å²) in [6.07, 6.45) is 3.37. The third kappa shape index (κ3) is 8.56. The van der Waals surface area contributed by atoms with E-state index in [1.807, 2.05) is 0 Å². The Kier molecular flexibility index (Phi) is 11.2.